The van der Waals surface area contributed by atoms with Gasteiger partial charge >= 0.3 is 0 Å². The monoisotopic (exact) mass is 537 g/mol. The van der Waals surface area contributed by atoms with E-state index in [0.717, 1.165) is 26.1 Å². The molecule has 9 heteroatoms. The van der Waals surface area contributed by atoms with Crippen molar-refractivity contribution < 1.29 is 28.9 Å². The van der Waals surface area contributed by atoms with Crippen molar-refractivity contribution in [1.29, 1.82) is 0 Å². The quantitative estimate of drug-likeness (QED) is 0.246. The van der Waals surface area contributed by atoms with Gasteiger partial charge in [-0.05, 0) is 55.5 Å². The minimum atomic E-state index is -0.758. The highest BCUT2D eigenvalue weighted by Gasteiger charge is 2.46. The first-order valence-electron chi connectivity index (χ1n) is 13.8. The number of likely N-dealkylation sites (tertiary alicyclic amines) is 1. The Kier molecular flexibility index (Phi) is 9.95. The highest BCUT2D eigenvalue weighted by molar-refractivity contribution is 6.46. The fraction of sp³-hybridized carbons (Fsp3) is 0.500. The van der Waals surface area contributed by atoms with Gasteiger partial charge in [0.2, 0.25) is 0 Å². The first-order chi connectivity index (χ1) is 18.9. The van der Waals surface area contributed by atoms with E-state index in [9.17, 15) is 14.7 Å². The fourth-order valence-electron chi connectivity index (χ4n) is 4.90. The van der Waals surface area contributed by atoms with Crippen molar-refractivity contribution in [3.05, 3.63) is 59.4 Å². The van der Waals surface area contributed by atoms with Gasteiger partial charge in [-0.15, -0.1) is 0 Å². The van der Waals surface area contributed by atoms with Gasteiger partial charge in [0.25, 0.3) is 11.7 Å². The zero-order valence-electron chi connectivity index (χ0n) is 23.1. The number of rotatable bonds is 12. The molecule has 0 spiro atoms. The number of aliphatic hydroxyl groups is 1. The maximum atomic E-state index is 13.4. The van der Waals surface area contributed by atoms with Crippen molar-refractivity contribution in [2.45, 2.75) is 39.7 Å². The predicted octanol–water partition coefficient (Wildman–Crippen LogP) is 4.05. The summed E-state index contributed by atoms with van der Waals surface area (Å²) in [6.45, 7) is 11.4. The Morgan fingerprint density at radius 1 is 1.08 bits per heavy atom. The van der Waals surface area contributed by atoms with E-state index in [2.05, 4.69) is 23.7 Å². The Labute approximate surface area is 230 Å². The van der Waals surface area contributed by atoms with Crippen LogP contribution in [0, 0.1) is 5.92 Å². The van der Waals surface area contributed by atoms with Crippen molar-refractivity contribution in [3.8, 4) is 11.5 Å². The summed E-state index contributed by atoms with van der Waals surface area (Å²) in [5.41, 5.74) is 1.17. The number of pyridine rings is 1. The number of Topliss-reactive ketones (excluding diaryl/α,β-unsaturated/α-hetero) is 1. The normalized spacial score (nSPS) is 19.6. The molecule has 0 bridgehead atoms. The van der Waals surface area contributed by atoms with Gasteiger partial charge in [0.15, 0.2) is 11.5 Å². The number of carbonyl (C=O) groups excluding carboxylic acids is 2. The van der Waals surface area contributed by atoms with Crippen LogP contribution < -0.4 is 9.47 Å². The molecular weight excluding hydrogens is 498 g/mol. The van der Waals surface area contributed by atoms with E-state index >= 15 is 0 Å². The summed E-state index contributed by atoms with van der Waals surface area (Å²) >= 11 is 0. The molecule has 0 radical (unpaired) electrons. The summed E-state index contributed by atoms with van der Waals surface area (Å²) in [6.07, 6.45) is 4.67. The predicted molar refractivity (Wildman–Crippen MR) is 148 cm³/mol. The van der Waals surface area contributed by atoms with Crippen LogP contribution in [0.25, 0.3) is 5.76 Å². The molecule has 210 valence electrons. The second-order valence-corrected chi connectivity index (χ2v) is 10.2. The Morgan fingerprint density at radius 2 is 1.82 bits per heavy atom. The van der Waals surface area contributed by atoms with Gasteiger partial charge in [-0.1, -0.05) is 19.9 Å². The van der Waals surface area contributed by atoms with E-state index in [1.807, 2.05) is 25.1 Å². The van der Waals surface area contributed by atoms with E-state index in [0.29, 0.717) is 67.9 Å². The summed E-state index contributed by atoms with van der Waals surface area (Å²) in [5, 5.41) is 11.3. The average molecular weight is 538 g/mol. The zero-order chi connectivity index (χ0) is 27.8. The van der Waals surface area contributed by atoms with Gasteiger partial charge in [-0.25, -0.2) is 0 Å². The van der Waals surface area contributed by atoms with Gasteiger partial charge in [0.05, 0.1) is 38.0 Å². The fourth-order valence-corrected chi connectivity index (χ4v) is 4.90. The van der Waals surface area contributed by atoms with Crippen LogP contribution in [0.4, 0.5) is 0 Å². The molecule has 2 aliphatic rings. The van der Waals surface area contributed by atoms with Crippen LogP contribution in [0.15, 0.2) is 48.3 Å². The summed E-state index contributed by atoms with van der Waals surface area (Å²) in [7, 11) is 0. The van der Waals surface area contributed by atoms with Crippen molar-refractivity contribution in [3.63, 3.8) is 0 Å². The number of nitrogens with zero attached hydrogens (tertiary/aromatic N) is 3. The van der Waals surface area contributed by atoms with E-state index in [1.165, 1.54) is 0 Å². The van der Waals surface area contributed by atoms with E-state index in [-0.39, 0.29) is 11.3 Å². The van der Waals surface area contributed by atoms with Crippen LogP contribution in [0.1, 0.15) is 50.8 Å². The molecule has 2 fully saturated rings. The number of carbonyl (C=O) groups is 2. The van der Waals surface area contributed by atoms with Gasteiger partial charge < -0.3 is 24.2 Å². The average Bonchev–Trinajstić information content (AvgIpc) is 3.19. The first kappa shape index (κ1) is 28.6. The van der Waals surface area contributed by atoms with Crippen LogP contribution in [0.2, 0.25) is 0 Å². The van der Waals surface area contributed by atoms with Crippen molar-refractivity contribution >= 4 is 17.4 Å². The molecule has 1 aromatic carbocycles. The molecular formula is C30H39N3O6. The largest absolute Gasteiger partial charge is 0.507 e. The number of amides is 1. The van der Waals surface area contributed by atoms with Crippen LogP contribution in [0.5, 0.6) is 11.5 Å². The molecule has 3 heterocycles. The molecule has 1 atom stereocenters. The summed E-state index contributed by atoms with van der Waals surface area (Å²) in [5.74, 6) is 0.127. The van der Waals surface area contributed by atoms with Crippen LogP contribution in [0.3, 0.4) is 0 Å². The van der Waals surface area contributed by atoms with Gasteiger partial charge in [-0.2, -0.15) is 0 Å². The lowest BCUT2D eigenvalue weighted by molar-refractivity contribution is -0.140. The maximum absolute atomic E-state index is 13.4. The number of hydrogen-bond acceptors (Lipinski definition) is 8. The molecule has 0 aliphatic carbocycles. The molecule has 39 heavy (non-hydrogen) atoms. The topological polar surface area (TPSA) is 101 Å². The maximum Gasteiger partial charge on any atom is 0.295 e. The van der Waals surface area contributed by atoms with E-state index < -0.39 is 17.7 Å². The van der Waals surface area contributed by atoms with Crippen molar-refractivity contribution in [2.24, 2.45) is 5.92 Å². The minimum absolute atomic E-state index is 0.0634. The molecule has 2 aromatic rings. The number of aromatic nitrogens is 1. The number of ketones is 1. The molecule has 1 unspecified atom stereocenters. The lowest BCUT2D eigenvalue weighted by atomic mass is 9.95. The van der Waals surface area contributed by atoms with Gasteiger partial charge in [0.1, 0.15) is 5.76 Å². The smallest absolute Gasteiger partial charge is 0.295 e. The molecule has 0 saturated carbocycles. The molecule has 2 aliphatic heterocycles. The third kappa shape index (κ3) is 6.96. The summed E-state index contributed by atoms with van der Waals surface area (Å²) < 4.78 is 17.3. The van der Waals surface area contributed by atoms with Crippen molar-refractivity contribution in [2.75, 3.05) is 52.6 Å². The SMILES string of the molecule is CCOc1cc(C2/C(=C(\O)c3ccncc3)C(=O)C(=O)N2CCCN2CCOCC2)ccc1OCCC(C)C. The van der Waals surface area contributed by atoms with Gasteiger partial charge in [-0.3, -0.25) is 19.5 Å². The molecule has 9 nitrogen and oxygen atoms in total. The molecule has 1 aromatic heterocycles. The Morgan fingerprint density at radius 3 is 2.51 bits per heavy atom. The summed E-state index contributed by atoms with van der Waals surface area (Å²) in [4.78, 5) is 34.5. The number of morpholine rings is 1. The van der Waals surface area contributed by atoms with E-state index in [4.69, 9.17) is 14.2 Å². The highest BCUT2D eigenvalue weighted by Crippen LogP contribution is 2.42. The second-order valence-electron chi connectivity index (χ2n) is 10.2. The van der Waals surface area contributed by atoms with Crippen LogP contribution in [-0.4, -0.2) is 84.2 Å². The summed E-state index contributed by atoms with van der Waals surface area (Å²) in [6, 6.07) is 7.97. The number of aliphatic hydroxyl groups excluding tert-OH is 1. The number of ether oxygens (including phenoxy) is 3. The zero-order valence-corrected chi connectivity index (χ0v) is 23.1. The van der Waals surface area contributed by atoms with Crippen LogP contribution >= 0.6 is 0 Å². The minimum Gasteiger partial charge on any atom is -0.507 e. The second kappa shape index (κ2) is 13.6. The Hall–Kier alpha value is -3.43. The molecule has 2 saturated heterocycles. The lowest BCUT2D eigenvalue weighted by Crippen LogP contribution is -2.39. The third-order valence-corrected chi connectivity index (χ3v) is 7.01. The third-order valence-electron chi connectivity index (χ3n) is 7.01. The lowest BCUT2D eigenvalue weighted by Gasteiger charge is -2.29. The van der Waals surface area contributed by atoms with E-state index in [1.54, 1.807) is 29.4 Å². The molecule has 4 rings (SSSR count). The van der Waals surface area contributed by atoms with Crippen LogP contribution in [-0.2, 0) is 14.3 Å². The Balaban J connectivity index is 1.68. The molecule has 1 amide bonds. The standard InChI is InChI=1S/C30H39N3O6/c1-4-38-25-20-23(6-7-24(25)39-17-10-21(2)3)27-26(28(34)22-8-11-31-12-9-22)29(35)30(36)33(27)14-5-13-32-15-18-37-19-16-32/h6-9,11-12,20-21,27,34H,4-5,10,13-19H2,1-3H3/b28-26+. The molecule has 1 N–H and O–H groups in total. The highest BCUT2D eigenvalue weighted by atomic mass is 16.5. The Bertz CT molecular complexity index is 1160. The van der Waals surface area contributed by atoms with Gasteiger partial charge in [0, 0.05) is 44.1 Å². The number of benzene rings is 1. The first-order valence-corrected chi connectivity index (χ1v) is 13.8. The number of hydrogen-bond donors (Lipinski definition) is 1. The van der Waals surface area contributed by atoms with Crippen molar-refractivity contribution in [1.82, 2.24) is 14.8 Å².